The molecule has 1 aliphatic rings. The van der Waals surface area contributed by atoms with Gasteiger partial charge in [-0.3, -0.25) is 10.1 Å². The fourth-order valence-electron chi connectivity index (χ4n) is 0.891. The number of nitrogens with one attached hydrogen (secondary N) is 1. The first-order valence-corrected chi connectivity index (χ1v) is 4.27. The van der Waals surface area contributed by atoms with Gasteiger partial charge in [0.2, 0.25) is 0 Å². The first-order valence-electron chi connectivity index (χ1n) is 3.22. The van der Waals surface area contributed by atoms with Crippen molar-refractivity contribution in [2.45, 2.75) is 6.04 Å². The molecule has 0 spiro atoms. The molecule has 62 valence electrons. The highest BCUT2D eigenvalue weighted by Crippen LogP contribution is 2.14. The van der Waals surface area contributed by atoms with Crippen LogP contribution in [0.15, 0.2) is 11.0 Å². The zero-order valence-electron chi connectivity index (χ0n) is 5.91. The number of hydrogen-bond donors (Lipinski definition) is 3. The molecule has 0 saturated carbocycles. The Labute approximate surface area is 68.8 Å². The van der Waals surface area contributed by atoms with Crippen molar-refractivity contribution in [1.82, 2.24) is 5.32 Å². The molecule has 0 amide bonds. The maximum Gasteiger partial charge on any atom is 0.325 e. The van der Waals surface area contributed by atoms with Gasteiger partial charge in [0.05, 0.1) is 0 Å². The highest BCUT2D eigenvalue weighted by molar-refractivity contribution is 8.02. The van der Waals surface area contributed by atoms with Crippen molar-refractivity contribution in [2.24, 2.45) is 5.73 Å². The minimum atomic E-state index is -0.859. The lowest BCUT2D eigenvalue weighted by Crippen LogP contribution is -2.41. The van der Waals surface area contributed by atoms with Crippen LogP contribution in [0.2, 0.25) is 0 Å². The Morgan fingerprint density at radius 3 is 3.18 bits per heavy atom. The van der Waals surface area contributed by atoms with Gasteiger partial charge in [0.1, 0.15) is 6.04 Å². The first kappa shape index (κ1) is 8.58. The maximum atomic E-state index is 10.6. The third-order valence-corrected chi connectivity index (χ3v) is 2.26. The van der Waals surface area contributed by atoms with Crippen LogP contribution in [0, 0.1) is 0 Å². The number of nitrogens with two attached hydrogens (primary N) is 1. The smallest absolute Gasteiger partial charge is 0.325 e. The molecule has 1 rings (SSSR count). The molecule has 1 heterocycles. The second-order valence-electron chi connectivity index (χ2n) is 2.18. The molecule has 0 aromatic heterocycles. The summed E-state index contributed by atoms with van der Waals surface area (Å²) >= 11 is 1.53. The van der Waals surface area contributed by atoms with Crippen LogP contribution in [0.25, 0.3) is 0 Å². The van der Waals surface area contributed by atoms with Crippen LogP contribution in [0.3, 0.4) is 0 Å². The fourth-order valence-corrected chi connectivity index (χ4v) is 1.68. The van der Waals surface area contributed by atoms with Crippen LogP contribution in [-0.2, 0) is 4.79 Å². The number of rotatable bonds is 2. The highest BCUT2D eigenvalue weighted by Gasteiger charge is 2.22. The molecule has 0 aromatic rings. The zero-order valence-corrected chi connectivity index (χ0v) is 6.73. The molecule has 0 bridgehead atoms. The lowest BCUT2D eigenvalue weighted by molar-refractivity contribution is -0.138. The SMILES string of the molecule is NCC1=CSCNC1C(=O)O. The van der Waals surface area contributed by atoms with Gasteiger partial charge in [0.25, 0.3) is 0 Å². The third-order valence-electron chi connectivity index (χ3n) is 1.46. The van der Waals surface area contributed by atoms with E-state index in [9.17, 15) is 4.79 Å². The third kappa shape index (κ3) is 1.95. The second kappa shape index (κ2) is 3.75. The molecule has 4 N–H and O–H groups in total. The number of carboxylic acid groups (broad SMARTS) is 1. The van der Waals surface area contributed by atoms with Gasteiger partial charge < -0.3 is 10.8 Å². The minimum absolute atomic E-state index is 0.303. The lowest BCUT2D eigenvalue weighted by Gasteiger charge is -2.20. The maximum absolute atomic E-state index is 10.6. The van der Waals surface area contributed by atoms with E-state index < -0.39 is 12.0 Å². The average molecular weight is 174 g/mol. The molecule has 0 radical (unpaired) electrons. The highest BCUT2D eigenvalue weighted by atomic mass is 32.2. The number of aliphatic carboxylic acids is 1. The number of hydrogen-bond acceptors (Lipinski definition) is 4. The molecule has 1 aliphatic heterocycles. The van der Waals surface area contributed by atoms with Crippen molar-refractivity contribution in [2.75, 3.05) is 12.4 Å². The van der Waals surface area contributed by atoms with E-state index in [1.54, 1.807) is 0 Å². The van der Waals surface area contributed by atoms with Gasteiger partial charge in [-0.1, -0.05) is 0 Å². The van der Waals surface area contributed by atoms with Crippen LogP contribution in [0.5, 0.6) is 0 Å². The minimum Gasteiger partial charge on any atom is -0.480 e. The lowest BCUT2D eigenvalue weighted by atomic mass is 10.1. The second-order valence-corrected chi connectivity index (χ2v) is 3.04. The van der Waals surface area contributed by atoms with Gasteiger partial charge in [-0.15, -0.1) is 11.8 Å². The Hall–Kier alpha value is -0.520. The van der Waals surface area contributed by atoms with Crippen molar-refractivity contribution in [3.05, 3.63) is 11.0 Å². The van der Waals surface area contributed by atoms with E-state index in [2.05, 4.69) is 5.32 Å². The molecule has 11 heavy (non-hydrogen) atoms. The molecule has 4 nitrogen and oxygen atoms in total. The molecule has 0 aromatic carbocycles. The molecule has 1 atom stereocenters. The molecule has 0 saturated heterocycles. The van der Waals surface area contributed by atoms with E-state index in [0.29, 0.717) is 12.4 Å². The summed E-state index contributed by atoms with van der Waals surface area (Å²) in [6.45, 7) is 0.303. The van der Waals surface area contributed by atoms with Gasteiger partial charge in [-0.25, -0.2) is 0 Å². The molecular formula is C6H10N2O2S. The average Bonchev–Trinajstić information content (AvgIpc) is 2.04. The number of carbonyl (C=O) groups is 1. The Bertz CT molecular complexity index is 193. The Kier molecular flexibility index (Phi) is 2.92. The zero-order chi connectivity index (χ0) is 8.27. The monoisotopic (exact) mass is 174 g/mol. The Morgan fingerprint density at radius 2 is 2.73 bits per heavy atom. The van der Waals surface area contributed by atoms with Crippen LogP contribution >= 0.6 is 11.8 Å². The van der Waals surface area contributed by atoms with Crippen LogP contribution in [0.1, 0.15) is 0 Å². The van der Waals surface area contributed by atoms with Crippen LogP contribution in [-0.4, -0.2) is 29.5 Å². The quantitative estimate of drug-likeness (QED) is 0.530. The Balaban J connectivity index is 2.69. The largest absolute Gasteiger partial charge is 0.480 e. The normalized spacial score (nSPS) is 24.5. The summed E-state index contributed by atoms with van der Waals surface area (Å²) in [6.07, 6.45) is 0. The summed E-state index contributed by atoms with van der Waals surface area (Å²) in [7, 11) is 0. The summed E-state index contributed by atoms with van der Waals surface area (Å²) in [4.78, 5) is 10.6. The predicted octanol–water partition coefficient (Wildman–Crippen LogP) is -0.424. The number of thioether (sulfide) groups is 1. The molecule has 1 unspecified atom stereocenters. The summed E-state index contributed by atoms with van der Waals surface area (Å²) in [5.74, 6) is -0.220. The first-order chi connectivity index (χ1) is 5.25. The van der Waals surface area contributed by atoms with E-state index in [1.807, 2.05) is 5.41 Å². The van der Waals surface area contributed by atoms with Crippen molar-refractivity contribution in [3.63, 3.8) is 0 Å². The number of carboxylic acids is 1. The van der Waals surface area contributed by atoms with Gasteiger partial charge in [-0.2, -0.15) is 0 Å². The standard InChI is InChI=1S/C6H10N2O2S/c7-1-4-2-11-3-8-5(4)6(9)10/h2,5,8H,1,3,7H2,(H,9,10). The van der Waals surface area contributed by atoms with Crippen molar-refractivity contribution in [1.29, 1.82) is 0 Å². The van der Waals surface area contributed by atoms with Gasteiger partial charge in [0.15, 0.2) is 0 Å². The van der Waals surface area contributed by atoms with Crippen molar-refractivity contribution in [3.8, 4) is 0 Å². The van der Waals surface area contributed by atoms with E-state index in [0.717, 1.165) is 5.57 Å². The van der Waals surface area contributed by atoms with E-state index >= 15 is 0 Å². The Morgan fingerprint density at radius 1 is 2.00 bits per heavy atom. The van der Waals surface area contributed by atoms with Crippen LogP contribution in [0.4, 0.5) is 0 Å². The van der Waals surface area contributed by atoms with E-state index in [-0.39, 0.29) is 0 Å². The fraction of sp³-hybridized carbons (Fsp3) is 0.500. The van der Waals surface area contributed by atoms with Gasteiger partial charge in [0, 0.05) is 12.4 Å². The molecule has 5 heteroatoms. The van der Waals surface area contributed by atoms with Gasteiger partial charge >= 0.3 is 5.97 Å². The predicted molar refractivity (Wildman–Crippen MR) is 44.2 cm³/mol. The topological polar surface area (TPSA) is 75.3 Å². The van der Waals surface area contributed by atoms with Crippen molar-refractivity contribution >= 4 is 17.7 Å². The summed E-state index contributed by atoms with van der Waals surface area (Å²) in [6, 6.07) is -0.582. The van der Waals surface area contributed by atoms with E-state index in [4.69, 9.17) is 10.8 Å². The van der Waals surface area contributed by atoms with Crippen LogP contribution < -0.4 is 11.1 Å². The molecule has 0 aliphatic carbocycles. The summed E-state index contributed by atoms with van der Waals surface area (Å²) in [5.41, 5.74) is 6.09. The van der Waals surface area contributed by atoms with Crippen molar-refractivity contribution < 1.29 is 9.90 Å². The molecule has 0 fully saturated rings. The van der Waals surface area contributed by atoms with Gasteiger partial charge in [-0.05, 0) is 11.0 Å². The molecular weight excluding hydrogens is 164 g/mol. The summed E-state index contributed by atoms with van der Waals surface area (Å²) in [5, 5.41) is 13.3. The van der Waals surface area contributed by atoms with E-state index in [1.165, 1.54) is 11.8 Å². The summed E-state index contributed by atoms with van der Waals surface area (Å²) < 4.78 is 0.